The van der Waals surface area contributed by atoms with E-state index in [0.717, 1.165) is 36.8 Å². The maximum absolute atomic E-state index is 11.6. The summed E-state index contributed by atoms with van der Waals surface area (Å²) in [6.45, 7) is 3.48. The van der Waals surface area contributed by atoms with Gasteiger partial charge in [-0.2, -0.15) is 0 Å². The molecule has 0 radical (unpaired) electrons. The van der Waals surface area contributed by atoms with E-state index in [2.05, 4.69) is 0 Å². The summed E-state index contributed by atoms with van der Waals surface area (Å²) in [5, 5.41) is 11.2. The van der Waals surface area contributed by atoms with Gasteiger partial charge in [-0.1, -0.05) is 0 Å². The SMILES string of the molecule is CCOC(=O)C(C)Oc1cc2c(cc1[N+](=O)[O-])CCCC2. The molecule has 114 valence electrons. The highest BCUT2D eigenvalue weighted by molar-refractivity contribution is 5.75. The summed E-state index contributed by atoms with van der Waals surface area (Å²) >= 11 is 0. The Morgan fingerprint density at radius 1 is 1.33 bits per heavy atom. The number of fused-ring (bicyclic) bond motifs is 1. The second kappa shape index (κ2) is 6.56. The molecule has 6 heteroatoms. The number of esters is 1. The molecule has 0 spiro atoms. The molecule has 0 bridgehead atoms. The van der Waals surface area contributed by atoms with Gasteiger partial charge in [0.15, 0.2) is 11.9 Å². The number of hydrogen-bond acceptors (Lipinski definition) is 5. The maximum Gasteiger partial charge on any atom is 0.347 e. The molecule has 0 fully saturated rings. The third-order valence-electron chi connectivity index (χ3n) is 3.54. The van der Waals surface area contributed by atoms with Gasteiger partial charge in [-0.15, -0.1) is 0 Å². The molecule has 0 saturated heterocycles. The molecule has 1 aliphatic rings. The standard InChI is InChI=1S/C15H19NO5/c1-3-20-15(17)10(2)21-14-9-12-7-5-4-6-11(12)8-13(14)16(18)19/h8-10H,3-7H2,1-2H3. The van der Waals surface area contributed by atoms with Crippen LogP contribution < -0.4 is 4.74 Å². The van der Waals surface area contributed by atoms with Gasteiger partial charge in [0.05, 0.1) is 11.5 Å². The highest BCUT2D eigenvalue weighted by Gasteiger charge is 2.25. The number of nitro benzene ring substituents is 1. The van der Waals surface area contributed by atoms with Crippen LogP contribution in [0.2, 0.25) is 0 Å². The van der Waals surface area contributed by atoms with Crippen molar-refractivity contribution in [3.05, 3.63) is 33.4 Å². The average Bonchev–Trinajstić information content (AvgIpc) is 2.46. The second-order valence-electron chi connectivity index (χ2n) is 5.06. The number of ether oxygens (including phenoxy) is 2. The monoisotopic (exact) mass is 293 g/mol. The third-order valence-corrected chi connectivity index (χ3v) is 3.54. The Labute approximate surface area is 123 Å². The zero-order valence-electron chi connectivity index (χ0n) is 12.3. The van der Waals surface area contributed by atoms with Crippen LogP contribution in [0.15, 0.2) is 12.1 Å². The van der Waals surface area contributed by atoms with Crippen LogP contribution in [-0.4, -0.2) is 23.6 Å². The fraction of sp³-hybridized carbons (Fsp3) is 0.533. The van der Waals surface area contributed by atoms with Crippen molar-refractivity contribution >= 4 is 11.7 Å². The lowest BCUT2D eigenvalue weighted by atomic mass is 9.91. The van der Waals surface area contributed by atoms with E-state index >= 15 is 0 Å². The minimum atomic E-state index is -0.870. The van der Waals surface area contributed by atoms with Gasteiger partial charge in [0.1, 0.15) is 0 Å². The van der Waals surface area contributed by atoms with Crippen molar-refractivity contribution in [1.82, 2.24) is 0 Å². The van der Waals surface area contributed by atoms with E-state index in [4.69, 9.17) is 9.47 Å². The fourth-order valence-electron chi connectivity index (χ4n) is 2.49. The lowest BCUT2D eigenvalue weighted by molar-refractivity contribution is -0.386. The largest absolute Gasteiger partial charge is 0.472 e. The molecule has 1 aromatic rings. The van der Waals surface area contributed by atoms with Crippen LogP contribution in [0.3, 0.4) is 0 Å². The number of aryl methyl sites for hydroxylation is 2. The minimum absolute atomic E-state index is 0.0909. The van der Waals surface area contributed by atoms with Gasteiger partial charge in [0, 0.05) is 6.07 Å². The van der Waals surface area contributed by atoms with Crippen molar-refractivity contribution in [3.63, 3.8) is 0 Å². The molecular formula is C15H19NO5. The second-order valence-corrected chi connectivity index (χ2v) is 5.06. The van der Waals surface area contributed by atoms with Gasteiger partial charge in [-0.25, -0.2) is 4.79 Å². The Morgan fingerprint density at radius 2 is 1.95 bits per heavy atom. The Hall–Kier alpha value is -2.11. The molecule has 0 aliphatic heterocycles. The van der Waals surface area contributed by atoms with Crippen LogP contribution in [-0.2, 0) is 22.4 Å². The molecule has 0 heterocycles. The van der Waals surface area contributed by atoms with Crippen LogP contribution in [0, 0.1) is 10.1 Å². The molecule has 6 nitrogen and oxygen atoms in total. The van der Waals surface area contributed by atoms with Crippen LogP contribution in [0.4, 0.5) is 5.69 Å². The quantitative estimate of drug-likeness (QED) is 0.474. The lowest BCUT2D eigenvalue weighted by Gasteiger charge is -2.18. The number of nitro groups is 1. The number of rotatable bonds is 5. The summed E-state index contributed by atoms with van der Waals surface area (Å²) in [7, 11) is 0. The normalized spacial score (nSPS) is 15.0. The lowest BCUT2D eigenvalue weighted by Crippen LogP contribution is -2.26. The summed E-state index contributed by atoms with van der Waals surface area (Å²) in [6.07, 6.45) is 2.98. The van der Waals surface area contributed by atoms with E-state index in [1.165, 1.54) is 6.92 Å². The molecular weight excluding hydrogens is 274 g/mol. The summed E-state index contributed by atoms with van der Waals surface area (Å²) in [6, 6.07) is 3.27. The molecule has 1 aliphatic carbocycles. The van der Waals surface area contributed by atoms with Crippen molar-refractivity contribution in [1.29, 1.82) is 0 Å². The number of carbonyl (C=O) groups excluding carboxylic acids is 1. The molecule has 1 unspecified atom stereocenters. The summed E-state index contributed by atoms with van der Waals surface area (Å²) < 4.78 is 10.3. The maximum atomic E-state index is 11.6. The number of benzene rings is 1. The van der Waals surface area contributed by atoms with Crippen LogP contribution >= 0.6 is 0 Å². The van der Waals surface area contributed by atoms with E-state index in [0.29, 0.717) is 0 Å². The first-order valence-electron chi connectivity index (χ1n) is 7.16. The van der Waals surface area contributed by atoms with E-state index in [-0.39, 0.29) is 18.0 Å². The Kier molecular flexibility index (Phi) is 4.77. The van der Waals surface area contributed by atoms with Crippen LogP contribution in [0.5, 0.6) is 5.75 Å². The van der Waals surface area contributed by atoms with Gasteiger partial charge in [0.25, 0.3) is 0 Å². The molecule has 1 atom stereocenters. The molecule has 0 amide bonds. The molecule has 2 rings (SSSR count). The Morgan fingerprint density at radius 3 is 2.52 bits per heavy atom. The highest BCUT2D eigenvalue weighted by atomic mass is 16.6. The molecule has 0 N–H and O–H groups in total. The van der Waals surface area contributed by atoms with Crippen LogP contribution in [0.1, 0.15) is 37.8 Å². The predicted molar refractivity (Wildman–Crippen MR) is 76.5 cm³/mol. The van der Waals surface area contributed by atoms with Crippen molar-refractivity contribution in [2.75, 3.05) is 6.61 Å². The van der Waals surface area contributed by atoms with Gasteiger partial charge in [-0.05, 0) is 56.7 Å². The van der Waals surface area contributed by atoms with E-state index in [9.17, 15) is 14.9 Å². The Balaban J connectivity index is 2.28. The number of nitrogens with zero attached hydrogens (tertiary/aromatic N) is 1. The molecule has 1 aromatic carbocycles. The van der Waals surface area contributed by atoms with Gasteiger partial charge >= 0.3 is 11.7 Å². The first kappa shape index (κ1) is 15.3. The summed E-state index contributed by atoms with van der Waals surface area (Å²) in [4.78, 5) is 22.3. The smallest absolute Gasteiger partial charge is 0.347 e. The van der Waals surface area contributed by atoms with Crippen molar-refractivity contribution < 1.29 is 19.2 Å². The van der Waals surface area contributed by atoms with Crippen molar-refractivity contribution in [2.45, 2.75) is 45.6 Å². The van der Waals surface area contributed by atoms with Crippen LogP contribution in [0.25, 0.3) is 0 Å². The molecule has 21 heavy (non-hydrogen) atoms. The minimum Gasteiger partial charge on any atom is -0.472 e. The zero-order valence-corrected chi connectivity index (χ0v) is 12.3. The summed E-state index contributed by atoms with van der Waals surface area (Å²) in [5.41, 5.74) is 1.98. The van der Waals surface area contributed by atoms with E-state index in [1.807, 2.05) is 0 Å². The summed E-state index contributed by atoms with van der Waals surface area (Å²) in [5.74, 6) is -0.384. The average molecular weight is 293 g/mol. The van der Waals surface area contributed by atoms with E-state index in [1.54, 1.807) is 19.1 Å². The van der Waals surface area contributed by atoms with Gasteiger partial charge in [-0.3, -0.25) is 10.1 Å². The van der Waals surface area contributed by atoms with Crippen molar-refractivity contribution in [2.24, 2.45) is 0 Å². The van der Waals surface area contributed by atoms with Gasteiger partial charge in [0.2, 0.25) is 0 Å². The third kappa shape index (κ3) is 3.51. The van der Waals surface area contributed by atoms with E-state index < -0.39 is 17.0 Å². The predicted octanol–water partition coefficient (Wildman–Crippen LogP) is 2.80. The Bertz CT molecular complexity index is 555. The number of carbonyl (C=O) groups is 1. The fourth-order valence-corrected chi connectivity index (χ4v) is 2.49. The number of hydrogen-bond donors (Lipinski definition) is 0. The highest BCUT2D eigenvalue weighted by Crippen LogP contribution is 2.34. The zero-order chi connectivity index (χ0) is 15.4. The van der Waals surface area contributed by atoms with Crippen molar-refractivity contribution in [3.8, 4) is 5.75 Å². The first-order chi connectivity index (χ1) is 10.0. The topological polar surface area (TPSA) is 78.7 Å². The van der Waals surface area contributed by atoms with Gasteiger partial charge < -0.3 is 9.47 Å². The first-order valence-corrected chi connectivity index (χ1v) is 7.16. The molecule has 0 saturated carbocycles. The molecule has 0 aromatic heterocycles.